The highest BCUT2D eigenvalue weighted by atomic mass is 32.1. The Morgan fingerprint density at radius 3 is 2.95 bits per heavy atom. The molecule has 2 aromatic heterocycles. The summed E-state index contributed by atoms with van der Waals surface area (Å²) >= 11 is 3.33. The number of hydrogen-bond acceptors (Lipinski definition) is 4. The molecule has 1 aliphatic heterocycles. The predicted octanol–water partition coefficient (Wildman–Crippen LogP) is 3.87. The summed E-state index contributed by atoms with van der Waals surface area (Å²) in [4.78, 5) is 18.9. The maximum absolute atomic E-state index is 12.4. The van der Waals surface area contributed by atoms with E-state index < -0.39 is 0 Å². The molecule has 0 bridgehead atoms. The molecule has 0 aromatic carbocycles. The number of urea groups is 1. The molecule has 1 unspecified atom stereocenters. The minimum atomic E-state index is 0.0220. The van der Waals surface area contributed by atoms with Gasteiger partial charge in [0.15, 0.2) is 0 Å². The first-order chi connectivity index (χ1) is 10.1. The van der Waals surface area contributed by atoms with Crippen molar-refractivity contribution in [2.75, 3.05) is 6.54 Å². The van der Waals surface area contributed by atoms with Gasteiger partial charge in [0, 0.05) is 18.5 Å². The number of hydrogen-bond donors (Lipinski definition) is 1. The average molecular weight is 321 g/mol. The molecule has 2 aromatic rings. The number of thiazole rings is 1. The summed E-state index contributed by atoms with van der Waals surface area (Å²) in [6.45, 7) is 5.50. The van der Waals surface area contributed by atoms with Crippen molar-refractivity contribution in [3.05, 3.63) is 38.0 Å². The van der Waals surface area contributed by atoms with E-state index in [9.17, 15) is 4.79 Å². The minimum absolute atomic E-state index is 0.0220. The molecule has 1 saturated heterocycles. The minimum Gasteiger partial charge on any atom is -0.334 e. The smallest absolute Gasteiger partial charge is 0.318 e. The lowest BCUT2D eigenvalue weighted by Crippen LogP contribution is -2.39. The third-order valence-electron chi connectivity index (χ3n) is 3.88. The van der Waals surface area contributed by atoms with Crippen LogP contribution in [0.3, 0.4) is 0 Å². The van der Waals surface area contributed by atoms with Gasteiger partial charge in [-0.25, -0.2) is 9.78 Å². The second-order valence-electron chi connectivity index (χ2n) is 5.38. The lowest BCUT2D eigenvalue weighted by Gasteiger charge is -2.23. The lowest BCUT2D eigenvalue weighted by molar-refractivity contribution is 0.191. The van der Waals surface area contributed by atoms with Crippen LogP contribution in [-0.2, 0) is 6.54 Å². The molecule has 1 fully saturated rings. The van der Waals surface area contributed by atoms with E-state index in [4.69, 9.17) is 0 Å². The number of likely N-dealkylation sites (tertiary alicyclic amines) is 1. The van der Waals surface area contributed by atoms with Crippen LogP contribution in [0.2, 0.25) is 0 Å². The van der Waals surface area contributed by atoms with Crippen molar-refractivity contribution >= 4 is 28.7 Å². The summed E-state index contributed by atoms with van der Waals surface area (Å²) in [6.07, 6.45) is 2.06. The monoisotopic (exact) mass is 321 g/mol. The Balaban J connectivity index is 1.65. The summed E-state index contributed by atoms with van der Waals surface area (Å²) in [5, 5.41) is 10.4. The SMILES string of the molecule is Cc1nc(C2CCCN2C(=O)NCc2cscc2C)cs1. The van der Waals surface area contributed by atoms with E-state index in [-0.39, 0.29) is 12.1 Å². The zero-order valence-corrected chi connectivity index (χ0v) is 13.9. The molecule has 1 N–H and O–H groups in total. The van der Waals surface area contributed by atoms with Gasteiger partial charge in [-0.05, 0) is 48.6 Å². The largest absolute Gasteiger partial charge is 0.334 e. The number of carbonyl (C=O) groups excluding carboxylic acids is 1. The molecule has 6 heteroatoms. The van der Waals surface area contributed by atoms with E-state index in [1.54, 1.807) is 22.7 Å². The number of aromatic nitrogens is 1. The highest BCUT2D eigenvalue weighted by molar-refractivity contribution is 7.09. The molecule has 1 aliphatic rings. The van der Waals surface area contributed by atoms with Gasteiger partial charge in [-0.2, -0.15) is 11.3 Å². The van der Waals surface area contributed by atoms with Crippen LogP contribution >= 0.6 is 22.7 Å². The summed E-state index contributed by atoms with van der Waals surface area (Å²) in [5.41, 5.74) is 3.49. The number of rotatable bonds is 3. The molecule has 112 valence electrons. The fourth-order valence-electron chi connectivity index (χ4n) is 2.69. The van der Waals surface area contributed by atoms with Gasteiger partial charge >= 0.3 is 6.03 Å². The van der Waals surface area contributed by atoms with Gasteiger partial charge in [-0.15, -0.1) is 11.3 Å². The third kappa shape index (κ3) is 3.11. The maximum Gasteiger partial charge on any atom is 0.318 e. The molecular weight excluding hydrogens is 302 g/mol. The fraction of sp³-hybridized carbons (Fsp3) is 0.467. The molecule has 0 radical (unpaired) electrons. The Hall–Kier alpha value is -1.40. The molecule has 0 spiro atoms. The van der Waals surface area contributed by atoms with Gasteiger partial charge in [0.2, 0.25) is 0 Å². The zero-order valence-electron chi connectivity index (χ0n) is 12.3. The van der Waals surface area contributed by atoms with E-state index in [1.807, 2.05) is 11.8 Å². The summed E-state index contributed by atoms with van der Waals surface area (Å²) in [5.74, 6) is 0. The maximum atomic E-state index is 12.4. The number of aryl methyl sites for hydroxylation is 2. The van der Waals surface area contributed by atoms with Gasteiger partial charge in [-0.3, -0.25) is 0 Å². The third-order valence-corrected chi connectivity index (χ3v) is 5.59. The molecule has 21 heavy (non-hydrogen) atoms. The van der Waals surface area contributed by atoms with E-state index in [1.165, 1.54) is 11.1 Å². The van der Waals surface area contributed by atoms with Crippen molar-refractivity contribution in [2.24, 2.45) is 0 Å². The summed E-state index contributed by atoms with van der Waals surface area (Å²) in [7, 11) is 0. The molecule has 4 nitrogen and oxygen atoms in total. The fourth-order valence-corrected chi connectivity index (χ4v) is 4.21. The van der Waals surface area contributed by atoms with Crippen molar-refractivity contribution in [2.45, 2.75) is 39.3 Å². The molecule has 0 aliphatic carbocycles. The van der Waals surface area contributed by atoms with E-state index in [0.29, 0.717) is 6.54 Å². The van der Waals surface area contributed by atoms with Crippen LogP contribution in [0.4, 0.5) is 4.79 Å². The van der Waals surface area contributed by atoms with Crippen LogP contribution in [0.25, 0.3) is 0 Å². The Morgan fingerprint density at radius 1 is 1.43 bits per heavy atom. The second kappa shape index (κ2) is 6.15. The van der Waals surface area contributed by atoms with Crippen LogP contribution in [0.1, 0.15) is 40.7 Å². The van der Waals surface area contributed by atoms with Crippen LogP contribution < -0.4 is 5.32 Å². The predicted molar refractivity (Wildman–Crippen MR) is 86.8 cm³/mol. The van der Waals surface area contributed by atoms with Gasteiger partial charge in [0.25, 0.3) is 0 Å². The number of nitrogens with zero attached hydrogens (tertiary/aromatic N) is 2. The van der Waals surface area contributed by atoms with Crippen LogP contribution in [0, 0.1) is 13.8 Å². The number of amides is 2. The van der Waals surface area contributed by atoms with Crippen LogP contribution in [0.15, 0.2) is 16.1 Å². The number of thiophene rings is 1. The molecule has 3 rings (SSSR count). The zero-order chi connectivity index (χ0) is 14.8. The molecule has 1 atom stereocenters. The Labute approximate surface area is 132 Å². The Kier molecular flexibility index (Phi) is 4.26. The average Bonchev–Trinajstić information content (AvgIpc) is 3.16. The van der Waals surface area contributed by atoms with Crippen molar-refractivity contribution in [1.29, 1.82) is 0 Å². The van der Waals surface area contributed by atoms with Crippen molar-refractivity contribution < 1.29 is 4.79 Å². The molecule has 3 heterocycles. The first kappa shape index (κ1) is 14.5. The quantitative estimate of drug-likeness (QED) is 0.933. The van der Waals surface area contributed by atoms with E-state index >= 15 is 0 Å². The van der Waals surface area contributed by atoms with E-state index in [0.717, 1.165) is 30.1 Å². The van der Waals surface area contributed by atoms with Crippen molar-refractivity contribution in [1.82, 2.24) is 15.2 Å². The standard InChI is InChI=1S/C15H19N3OS2/c1-10-7-20-8-12(10)6-16-15(19)18-5-3-4-14(18)13-9-21-11(2)17-13/h7-9,14H,3-6H2,1-2H3,(H,16,19). The lowest BCUT2D eigenvalue weighted by atomic mass is 10.2. The molecule has 0 saturated carbocycles. The second-order valence-corrected chi connectivity index (χ2v) is 7.19. The first-order valence-electron chi connectivity index (χ1n) is 7.13. The highest BCUT2D eigenvalue weighted by Gasteiger charge is 2.31. The Bertz CT molecular complexity index is 634. The van der Waals surface area contributed by atoms with Crippen molar-refractivity contribution in [3.8, 4) is 0 Å². The van der Waals surface area contributed by atoms with Crippen LogP contribution in [0.5, 0.6) is 0 Å². The number of carbonyl (C=O) groups is 1. The van der Waals surface area contributed by atoms with Gasteiger partial charge in [0.1, 0.15) is 0 Å². The van der Waals surface area contributed by atoms with Gasteiger partial charge in [0.05, 0.1) is 16.7 Å². The van der Waals surface area contributed by atoms with Gasteiger partial charge in [-0.1, -0.05) is 0 Å². The molecular formula is C15H19N3OS2. The topological polar surface area (TPSA) is 45.2 Å². The highest BCUT2D eigenvalue weighted by Crippen LogP contribution is 2.32. The summed E-state index contributed by atoms with van der Waals surface area (Å²) < 4.78 is 0. The van der Waals surface area contributed by atoms with Crippen molar-refractivity contribution in [3.63, 3.8) is 0 Å². The number of nitrogens with one attached hydrogen (secondary N) is 1. The van der Waals surface area contributed by atoms with Gasteiger partial charge < -0.3 is 10.2 Å². The summed E-state index contributed by atoms with van der Waals surface area (Å²) in [6, 6.07) is 0.160. The Morgan fingerprint density at radius 2 is 2.29 bits per heavy atom. The molecule has 2 amide bonds. The van der Waals surface area contributed by atoms with Crippen LogP contribution in [-0.4, -0.2) is 22.5 Å². The normalized spacial score (nSPS) is 18.2. The first-order valence-corrected chi connectivity index (χ1v) is 8.95. The van der Waals surface area contributed by atoms with E-state index in [2.05, 4.69) is 33.4 Å².